The predicted molar refractivity (Wildman–Crippen MR) is 107 cm³/mol. The summed E-state index contributed by atoms with van der Waals surface area (Å²) in [6, 6.07) is 9.97. The van der Waals surface area contributed by atoms with E-state index in [4.69, 9.17) is 20.9 Å². The van der Waals surface area contributed by atoms with Crippen LogP contribution in [0.4, 0.5) is 24.5 Å². The fraction of sp³-hybridized carbons (Fsp3) is 0.200. The van der Waals surface area contributed by atoms with E-state index >= 15 is 0 Å². The number of anilines is 2. The summed E-state index contributed by atoms with van der Waals surface area (Å²) in [5.74, 6) is -1.83. The molecule has 12 heteroatoms. The number of carbonyl (C=O) groups excluding carboxylic acids is 2. The van der Waals surface area contributed by atoms with Crippen LogP contribution in [0.5, 0.6) is 6.08 Å². The quantitative estimate of drug-likeness (QED) is 0.622. The van der Waals surface area contributed by atoms with Crippen molar-refractivity contribution < 1.29 is 32.0 Å². The van der Waals surface area contributed by atoms with Crippen LogP contribution < -0.4 is 15.0 Å². The van der Waals surface area contributed by atoms with Gasteiger partial charge >= 0.3 is 12.3 Å². The van der Waals surface area contributed by atoms with Crippen molar-refractivity contribution in [2.45, 2.75) is 18.6 Å². The minimum atomic E-state index is -4.85. The number of rotatable bonds is 4. The number of alkyl halides is 3. The molecule has 0 radical (unpaired) electrons. The highest BCUT2D eigenvalue weighted by molar-refractivity contribution is 6.33. The van der Waals surface area contributed by atoms with Gasteiger partial charge in [0.2, 0.25) is 11.7 Å². The SMILES string of the molecule is O=C1CC(C(F)(F)F)N(C(=O)COc2nc(-c3ccccc3Cl)no2)c2ccccc2N1. The second-order valence-corrected chi connectivity index (χ2v) is 7.15. The van der Waals surface area contributed by atoms with E-state index in [-0.39, 0.29) is 17.2 Å². The van der Waals surface area contributed by atoms with Gasteiger partial charge in [-0.15, -0.1) is 0 Å². The number of nitrogens with zero attached hydrogens (tertiary/aromatic N) is 3. The maximum atomic E-state index is 13.7. The van der Waals surface area contributed by atoms with Gasteiger partial charge in [0.05, 0.1) is 22.8 Å². The highest BCUT2D eigenvalue weighted by Crippen LogP contribution is 2.37. The molecule has 2 amide bonds. The molecule has 0 aliphatic carbocycles. The molecule has 1 unspecified atom stereocenters. The maximum Gasteiger partial charge on any atom is 0.418 e. The predicted octanol–water partition coefficient (Wildman–Crippen LogP) is 4.08. The number of fused-ring (bicyclic) bond motifs is 1. The second kappa shape index (κ2) is 8.50. The summed E-state index contributed by atoms with van der Waals surface area (Å²) in [5.41, 5.74) is 0.426. The number of amides is 2. The Morgan fingerprint density at radius 1 is 1.22 bits per heavy atom. The van der Waals surface area contributed by atoms with Gasteiger partial charge in [-0.3, -0.25) is 19.0 Å². The molecule has 0 bridgehead atoms. The van der Waals surface area contributed by atoms with Crippen molar-refractivity contribution in [3.05, 3.63) is 53.6 Å². The molecule has 2 heterocycles. The number of benzene rings is 2. The van der Waals surface area contributed by atoms with Crippen LogP contribution in [0, 0.1) is 0 Å². The summed E-state index contributed by atoms with van der Waals surface area (Å²) in [6.45, 7) is -0.834. The summed E-state index contributed by atoms with van der Waals surface area (Å²) < 4.78 is 51.2. The van der Waals surface area contributed by atoms with Crippen molar-refractivity contribution in [2.75, 3.05) is 16.8 Å². The molecule has 3 aromatic rings. The smallest absolute Gasteiger partial charge is 0.418 e. The number of hydrogen-bond donors (Lipinski definition) is 1. The van der Waals surface area contributed by atoms with Crippen molar-refractivity contribution in [3.8, 4) is 17.5 Å². The summed E-state index contributed by atoms with van der Waals surface area (Å²) >= 11 is 6.07. The van der Waals surface area contributed by atoms with Crippen LogP contribution in [0.25, 0.3) is 11.4 Å². The number of ether oxygens (including phenoxy) is 1. The van der Waals surface area contributed by atoms with Gasteiger partial charge in [0.25, 0.3) is 5.91 Å². The van der Waals surface area contributed by atoms with Gasteiger partial charge in [-0.25, -0.2) is 0 Å². The standard InChI is InChI=1S/C20H14ClF3N4O4/c21-12-6-2-1-5-11(12)18-26-19(32-27-18)31-10-17(30)28-14-8-4-3-7-13(14)25-16(29)9-15(28)20(22,23)24/h1-8,15H,9-10H2,(H,25,29). The van der Waals surface area contributed by atoms with E-state index in [0.29, 0.717) is 15.5 Å². The first-order valence-electron chi connectivity index (χ1n) is 9.23. The Labute approximate surface area is 183 Å². The van der Waals surface area contributed by atoms with Crippen LogP contribution in [-0.2, 0) is 9.59 Å². The summed E-state index contributed by atoms with van der Waals surface area (Å²) in [5, 5.41) is 6.43. The zero-order valence-corrected chi connectivity index (χ0v) is 16.9. The van der Waals surface area contributed by atoms with Gasteiger partial charge in [0.15, 0.2) is 6.61 Å². The van der Waals surface area contributed by atoms with Crippen LogP contribution in [0.1, 0.15) is 6.42 Å². The van der Waals surface area contributed by atoms with Crippen molar-refractivity contribution in [1.82, 2.24) is 10.1 Å². The van der Waals surface area contributed by atoms with Crippen molar-refractivity contribution in [3.63, 3.8) is 0 Å². The molecule has 1 atom stereocenters. The summed E-state index contributed by atoms with van der Waals surface area (Å²) in [4.78, 5) is 29.3. The van der Waals surface area contributed by atoms with Gasteiger partial charge in [-0.2, -0.15) is 18.2 Å². The second-order valence-electron chi connectivity index (χ2n) is 6.74. The number of aromatic nitrogens is 2. The lowest BCUT2D eigenvalue weighted by Crippen LogP contribution is -2.51. The first kappa shape index (κ1) is 21.6. The largest absolute Gasteiger partial charge is 0.439 e. The number of carbonyl (C=O) groups is 2. The molecule has 32 heavy (non-hydrogen) atoms. The molecule has 0 spiro atoms. The Hall–Kier alpha value is -3.60. The number of para-hydroxylation sites is 2. The lowest BCUT2D eigenvalue weighted by atomic mass is 10.1. The Morgan fingerprint density at radius 2 is 1.94 bits per heavy atom. The lowest BCUT2D eigenvalue weighted by molar-refractivity contribution is -0.158. The third kappa shape index (κ3) is 4.37. The molecule has 1 aromatic heterocycles. The molecular weight excluding hydrogens is 453 g/mol. The molecule has 8 nitrogen and oxygen atoms in total. The molecule has 1 aliphatic rings. The van der Waals surface area contributed by atoms with E-state index in [1.54, 1.807) is 24.3 Å². The first-order valence-corrected chi connectivity index (χ1v) is 9.61. The van der Waals surface area contributed by atoms with E-state index in [0.717, 1.165) is 0 Å². The molecule has 4 rings (SSSR count). The Bertz CT molecular complexity index is 1170. The van der Waals surface area contributed by atoms with E-state index in [9.17, 15) is 22.8 Å². The molecule has 166 valence electrons. The molecule has 1 N–H and O–H groups in total. The fourth-order valence-electron chi connectivity index (χ4n) is 3.21. The Morgan fingerprint density at radius 3 is 2.69 bits per heavy atom. The minimum Gasteiger partial charge on any atom is -0.439 e. The maximum absolute atomic E-state index is 13.7. The monoisotopic (exact) mass is 466 g/mol. The van der Waals surface area contributed by atoms with Crippen LogP contribution >= 0.6 is 11.6 Å². The highest BCUT2D eigenvalue weighted by atomic mass is 35.5. The van der Waals surface area contributed by atoms with Gasteiger partial charge in [0.1, 0.15) is 6.04 Å². The zero-order chi connectivity index (χ0) is 22.9. The Kier molecular flexibility index (Phi) is 5.74. The van der Waals surface area contributed by atoms with E-state index in [1.807, 2.05) is 0 Å². The molecular formula is C20H14ClF3N4O4. The van der Waals surface area contributed by atoms with Crippen LogP contribution in [0.15, 0.2) is 53.1 Å². The summed E-state index contributed by atoms with van der Waals surface area (Å²) in [7, 11) is 0. The summed E-state index contributed by atoms with van der Waals surface area (Å²) in [6.07, 6.45) is -6.23. The van der Waals surface area contributed by atoms with Crippen LogP contribution in [-0.4, -0.2) is 40.8 Å². The highest BCUT2D eigenvalue weighted by Gasteiger charge is 2.49. The number of nitrogens with one attached hydrogen (secondary N) is 1. The lowest BCUT2D eigenvalue weighted by Gasteiger charge is -2.31. The minimum absolute atomic E-state index is 0.0800. The van der Waals surface area contributed by atoms with Crippen molar-refractivity contribution in [1.29, 1.82) is 0 Å². The van der Waals surface area contributed by atoms with Crippen LogP contribution in [0.2, 0.25) is 5.02 Å². The molecule has 1 aliphatic heterocycles. The average Bonchev–Trinajstić information content (AvgIpc) is 3.14. The van der Waals surface area contributed by atoms with E-state index in [1.165, 1.54) is 24.3 Å². The van der Waals surface area contributed by atoms with Crippen molar-refractivity contribution in [2.24, 2.45) is 0 Å². The number of halogens is 4. The molecule has 0 fully saturated rings. The van der Waals surface area contributed by atoms with Gasteiger partial charge < -0.3 is 10.1 Å². The van der Waals surface area contributed by atoms with Crippen molar-refractivity contribution >= 4 is 34.8 Å². The third-order valence-corrected chi connectivity index (χ3v) is 4.95. The van der Waals surface area contributed by atoms with Crippen LogP contribution in [0.3, 0.4) is 0 Å². The van der Waals surface area contributed by atoms with Gasteiger partial charge in [-0.05, 0) is 24.3 Å². The van der Waals surface area contributed by atoms with E-state index < -0.39 is 43.1 Å². The normalized spacial score (nSPS) is 16.2. The van der Waals surface area contributed by atoms with E-state index in [2.05, 4.69) is 15.5 Å². The average molecular weight is 467 g/mol. The zero-order valence-electron chi connectivity index (χ0n) is 16.1. The van der Waals surface area contributed by atoms with Gasteiger partial charge in [-0.1, -0.05) is 41.0 Å². The molecule has 2 aromatic carbocycles. The fourth-order valence-corrected chi connectivity index (χ4v) is 3.43. The molecule has 0 saturated carbocycles. The topological polar surface area (TPSA) is 97.6 Å². The first-order chi connectivity index (χ1) is 15.2. The number of hydrogen-bond acceptors (Lipinski definition) is 6. The Balaban J connectivity index is 1.57. The third-order valence-electron chi connectivity index (χ3n) is 4.62. The van der Waals surface area contributed by atoms with Gasteiger partial charge in [0, 0.05) is 5.56 Å². The molecule has 0 saturated heterocycles.